The largest absolute Gasteiger partial charge is 0.445 e. The van der Waals surface area contributed by atoms with E-state index in [9.17, 15) is 9.59 Å². The number of carbonyl (C=O) groups excluding carboxylic acids is 2. The quantitative estimate of drug-likeness (QED) is 0.456. The molecular formula is C11H23N3O3. The van der Waals surface area contributed by atoms with Gasteiger partial charge in [-0.15, -0.1) is 0 Å². The topological polar surface area (TPSA) is 98.7 Å². The van der Waals surface area contributed by atoms with Crippen LogP contribution in [0, 0.1) is 0 Å². The normalized spacial score (nSPS) is 14.4. The third kappa shape index (κ3) is 6.23. The second-order valence-corrected chi connectivity index (χ2v) is 3.87. The fraction of sp³-hybridized carbons (Fsp3) is 0.818. The lowest BCUT2D eigenvalue weighted by molar-refractivity contribution is -0.159. The van der Waals surface area contributed by atoms with Gasteiger partial charge in [-0.2, -0.15) is 0 Å². The lowest BCUT2D eigenvalue weighted by atomic mass is 10.1. The number of hydrogen-bond donors (Lipinski definition) is 2. The number of nitrogens with zero attached hydrogens (tertiary/aromatic N) is 1. The number of carbonyl (C=O) groups is 2. The Hall–Kier alpha value is -1.14. The molecule has 0 radical (unpaired) electrons. The maximum absolute atomic E-state index is 11.6. The lowest BCUT2D eigenvalue weighted by Crippen LogP contribution is -2.41. The molecule has 0 aliphatic carbocycles. The molecule has 17 heavy (non-hydrogen) atoms. The molecular weight excluding hydrogens is 222 g/mol. The lowest BCUT2D eigenvalue weighted by Gasteiger charge is -2.26. The van der Waals surface area contributed by atoms with Crippen molar-refractivity contribution in [3.8, 4) is 0 Å². The number of hydrogen-bond acceptors (Lipinski definition) is 5. The van der Waals surface area contributed by atoms with Crippen molar-refractivity contribution in [1.29, 1.82) is 0 Å². The van der Waals surface area contributed by atoms with Crippen LogP contribution >= 0.6 is 0 Å². The minimum atomic E-state index is -0.791. The Morgan fingerprint density at radius 2 is 1.82 bits per heavy atom. The zero-order chi connectivity index (χ0) is 13.4. The molecule has 1 amide bonds. The highest BCUT2D eigenvalue weighted by Crippen LogP contribution is 2.04. The number of rotatable bonds is 8. The summed E-state index contributed by atoms with van der Waals surface area (Å²) < 4.78 is 5.20. The van der Waals surface area contributed by atoms with Crippen molar-refractivity contribution in [3.63, 3.8) is 0 Å². The van der Waals surface area contributed by atoms with Crippen LogP contribution in [0.15, 0.2) is 0 Å². The van der Waals surface area contributed by atoms with Crippen LogP contribution in [0.1, 0.15) is 33.6 Å². The molecule has 2 unspecified atom stereocenters. The summed E-state index contributed by atoms with van der Waals surface area (Å²) >= 11 is 0. The van der Waals surface area contributed by atoms with E-state index < -0.39 is 17.9 Å². The van der Waals surface area contributed by atoms with E-state index >= 15 is 0 Å². The van der Waals surface area contributed by atoms with E-state index in [0.29, 0.717) is 0 Å². The van der Waals surface area contributed by atoms with Gasteiger partial charge < -0.3 is 16.2 Å². The third-order valence-corrected chi connectivity index (χ3v) is 2.62. The maximum atomic E-state index is 11.6. The first-order valence-electron chi connectivity index (χ1n) is 5.90. The van der Waals surface area contributed by atoms with Crippen molar-refractivity contribution in [3.05, 3.63) is 0 Å². The molecule has 6 nitrogen and oxygen atoms in total. The summed E-state index contributed by atoms with van der Waals surface area (Å²) in [6.45, 7) is 7.36. The number of amides is 1. The van der Waals surface area contributed by atoms with Crippen molar-refractivity contribution in [2.24, 2.45) is 11.5 Å². The molecule has 0 bridgehead atoms. The highest BCUT2D eigenvalue weighted by atomic mass is 16.6. The maximum Gasteiger partial charge on any atom is 0.324 e. The molecule has 0 aromatic heterocycles. The molecule has 0 heterocycles. The number of ether oxygens (including phenoxy) is 1. The minimum absolute atomic E-state index is 0.0932. The van der Waals surface area contributed by atoms with E-state index in [1.54, 1.807) is 6.92 Å². The average Bonchev–Trinajstić information content (AvgIpc) is 2.27. The Kier molecular flexibility index (Phi) is 7.49. The van der Waals surface area contributed by atoms with Gasteiger partial charge in [-0.25, -0.2) is 0 Å². The molecule has 0 aromatic rings. The van der Waals surface area contributed by atoms with Gasteiger partial charge >= 0.3 is 5.97 Å². The van der Waals surface area contributed by atoms with E-state index in [2.05, 4.69) is 0 Å². The van der Waals surface area contributed by atoms with E-state index in [1.807, 2.05) is 18.7 Å². The summed E-state index contributed by atoms with van der Waals surface area (Å²) in [5, 5.41) is 0. The summed E-state index contributed by atoms with van der Waals surface area (Å²) in [7, 11) is 0. The Bertz CT molecular complexity index is 254. The van der Waals surface area contributed by atoms with Crippen LogP contribution in [0.2, 0.25) is 0 Å². The molecule has 2 atom stereocenters. The monoisotopic (exact) mass is 245 g/mol. The van der Waals surface area contributed by atoms with Crippen molar-refractivity contribution < 1.29 is 14.3 Å². The van der Waals surface area contributed by atoms with Crippen molar-refractivity contribution in [2.75, 3.05) is 13.1 Å². The minimum Gasteiger partial charge on any atom is -0.445 e. The van der Waals surface area contributed by atoms with Crippen LogP contribution in [0.4, 0.5) is 0 Å². The van der Waals surface area contributed by atoms with Gasteiger partial charge in [0.1, 0.15) is 6.04 Å². The summed E-state index contributed by atoms with van der Waals surface area (Å²) in [4.78, 5) is 24.1. The van der Waals surface area contributed by atoms with Crippen LogP contribution in [0.25, 0.3) is 0 Å². The summed E-state index contributed by atoms with van der Waals surface area (Å²) in [6.07, 6.45) is 0.00632. The van der Waals surface area contributed by atoms with Gasteiger partial charge in [-0.1, -0.05) is 13.8 Å². The SMILES string of the molecule is CCN(CC)C(C)OC(=O)C(N)CCC(N)=O. The third-order valence-electron chi connectivity index (χ3n) is 2.62. The number of nitrogens with two attached hydrogens (primary N) is 2. The molecule has 100 valence electrons. The molecule has 0 aliphatic rings. The highest BCUT2D eigenvalue weighted by molar-refractivity contribution is 5.78. The predicted octanol–water partition coefficient (Wildman–Crippen LogP) is -0.190. The predicted molar refractivity (Wildman–Crippen MR) is 64.9 cm³/mol. The smallest absolute Gasteiger partial charge is 0.324 e. The second-order valence-electron chi connectivity index (χ2n) is 3.87. The first-order valence-corrected chi connectivity index (χ1v) is 5.90. The molecule has 0 spiro atoms. The Morgan fingerprint density at radius 1 is 1.29 bits per heavy atom. The zero-order valence-electron chi connectivity index (χ0n) is 10.8. The van der Waals surface area contributed by atoms with Gasteiger partial charge in [0.15, 0.2) is 6.23 Å². The summed E-state index contributed by atoms with van der Waals surface area (Å²) in [5.74, 6) is -0.962. The van der Waals surface area contributed by atoms with Gasteiger partial charge in [0.05, 0.1) is 0 Å². The average molecular weight is 245 g/mol. The van der Waals surface area contributed by atoms with Gasteiger partial charge in [-0.3, -0.25) is 14.5 Å². The number of primary amides is 1. The van der Waals surface area contributed by atoms with Gasteiger partial charge in [0.25, 0.3) is 0 Å². The molecule has 4 N–H and O–H groups in total. The van der Waals surface area contributed by atoms with Crippen LogP contribution in [0.3, 0.4) is 0 Å². The summed E-state index contributed by atoms with van der Waals surface area (Å²) in [6, 6.07) is -0.791. The molecule has 0 rings (SSSR count). The Labute approximate surface area is 102 Å². The molecule has 0 saturated heterocycles. The molecule has 0 aromatic carbocycles. The van der Waals surface area contributed by atoms with Crippen LogP contribution in [0.5, 0.6) is 0 Å². The van der Waals surface area contributed by atoms with Crippen molar-refractivity contribution in [2.45, 2.75) is 45.9 Å². The summed E-state index contributed by atoms with van der Waals surface area (Å²) in [5.41, 5.74) is 10.6. The van der Waals surface area contributed by atoms with Crippen molar-refractivity contribution >= 4 is 11.9 Å². The molecule has 0 fully saturated rings. The van der Waals surface area contributed by atoms with E-state index in [-0.39, 0.29) is 19.1 Å². The zero-order valence-corrected chi connectivity index (χ0v) is 10.8. The highest BCUT2D eigenvalue weighted by Gasteiger charge is 2.20. The number of esters is 1. The van der Waals surface area contributed by atoms with Crippen LogP contribution < -0.4 is 11.5 Å². The fourth-order valence-corrected chi connectivity index (χ4v) is 1.48. The van der Waals surface area contributed by atoms with Gasteiger partial charge in [0, 0.05) is 6.42 Å². The molecule has 0 saturated carbocycles. The van der Waals surface area contributed by atoms with E-state index in [4.69, 9.17) is 16.2 Å². The second kappa shape index (κ2) is 8.03. The fourth-order valence-electron chi connectivity index (χ4n) is 1.48. The van der Waals surface area contributed by atoms with Crippen LogP contribution in [-0.4, -0.2) is 42.1 Å². The Balaban J connectivity index is 4.10. The van der Waals surface area contributed by atoms with Crippen LogP contribution in [-0.2, 0) is 14.3 Å². The first-order chi connectivity index (χ1) is 7.92. The van der Waals surface area contributed by atoms with Gasteiger partial charge in [0.2, 0.25) is 5.91 Å². The molecule has 0 aliphatic heterocycles. The van der Waals surface area contributed by atoms with E-state index in [1.165, 1.54) is 0 Å². The Morgan fingerprint density at radius 3 is 2.24 bits per heavy atom. The van der Waals surface area contributed by atoms with Gasteiger partial charge in [-0.05, 0) is 26.4 Å². The molecule has 6 heteroatoms. The van der Waals surface area contributed by atoms with E-state index in [0.717, 1.165) is 13.1 Å². The van der Waals surface area contributed by atoms with Crippen molar-refractivity contribution in [1.82, 2.24) is 4.90 Å². The first kappa shape index (κ1) is 15.9. The standard InChI is InChI=1S/C11H23N3O3/c1-4-14(5-2)8(3)17-11(16)9(12)6-7-10(13)15/h8-9H,4-7,12H2,1-3H3,(H2,13,15).